The van der Waals surface area contributed by atoms with Gasteiger partial charge in [-0.15, -0.1) is 0 Å². The van der Waals surface area contributed by atoms with Gasteiger partial charge < -0.3 is 19.7 Å². The lowest BCUT2D eigenvalue weighted by Gasteiger charge is -2.31. The van der Waals surface area contributed by atoms with Crippen molar-refractivity contribution in [2.45, 2.75) is 38.7 Å². The van der Waals surface area contributed by atoms with Gasteiger partial charge in [-0.2, -0.15) is 9.78 Å². The van der Waals surface area contributed by atoms with Gasteiger partial charge in [-0.1, -0.05) is 11.6 Å². The number of halogens is 1. The zero-order chi connectivity index (χ0) is 22.5. The first-order valence-corrected chi connectivity index (χ1v) is 11.5. The highest BCUT2D eigenvalue weighted by molar-refractivity contribution is 6.32. The zero-order valence-corrected chi connectivity index (χ0v) is 19.0. The van der Waals surface area contributed by atoms with Crippen molar-refractivity contribution in [3.63, 3.8) is 0 Å². The highest BCUT2D eigenvalue weighted by atomic mass is 35.5. The second-order valence-corrected chi connectivity index (χ2v) is 8.75. The summed E-state index contributed by atoms with van der Waals surface area (Å²) in [6.07, 6.45) is 5.42. The van der Waals surface area contributed by atoms with Crippen molar-refractivity contribution in [3.05, 3.63) is 45.8 Å². The number of carbonyl (C=O) groups is 1. The molecule has 0 unspecified atom stereocenters. The summed E-state index contributed by atoms with van der Waals surface area (Å²) < 4.78 is 12.8. The van der Waals surface area contributed by atoms with Gasteiger partial charge in [0.1, 0.15) is 16.9 Å². The maximum atomic E-state index is 12.8. The second kappa shape index (κ2) is 10.4. The normalized spacial score (nSPS) is 19.6. The van der Waals surface area contributed by atoms with Crippen molar-refractivity contribution in [3.8, 4) is 11.4 Å². The number of anilines is 1. The maximum absolute atomic E-state index is 12.8. The summed E-state index contributed by atoms with van der Waals surface area (Å²) in [6.45, 7) is 5.25. The van der Waals surface area contributed by atoms with E-state index >= 15 is 0 Å². The Morgan fingerprint density at radius 1 is 1.25 bits per heavy atom. The number of carbonyl (C=O) groups excluding carboxylic acids is 1. The van der Waals surface area contributed by atoms with E-state index in [4.69, 9.17) is 21.1 Å². The lowest BCUT2D eigenvalue weighted by Crippen LogP contribution is -2.40. The Morgan fingerprint density at radius 2 is 2.00 bits per heavy atom. The van der Waals surface area contributed by atoms with Gasteiger partial charge in [-0.25, -0.2) is 0 Å². The molecule has 0 aliphatic carbocycles. The number of amides is 1. The van der Waals surface area contributed by atoms with Crippen LogP contribution in [-0.4, -0.2) is 59.5 Å². The minimum Gasteiger partial charge on any atom is -0.490 e. The minimum atomic E-state index is -0.373. The van der Waals surface area contributed by atoms with Crippen molar-refractivity contribution in [2.24, 2.45) is 5.92 Å². The van der Waals surface area contributed by atoms with E-state index in [9.17, 15) is 9.59 Å². The molecule has 1 atom stereocenters. The van der Waals surface area contributed by atoms with Crippen molar-refractivity contribution < 1.29 is 14.3 Å². The molecule has 1 N–H and O–H groups in total. The van der Waals surface area contributed by atoms with Gasteiger partial charge >= 0.3 is 0 Å². The molecule has 1 amide bonds. The maximum Gasteiger partial charge on any atom is 0.292 e. The summed E-state index contributed by atoms with van der Waals surface area (Å²) in [5, 5.41) is 7.65. The highest BCUT2D eigenvalue weighted by Crippen LogP contribution is 2.22. The van der Waals surface area contributed by atoms with Crippen LogP contribution in [0.15, 0.2) is 35.3 Å². The number of nitrogens with one attached hydrogen (secondary N) is 1. The van der Waals surface area contributed by atoms with Crippen LogP contribution in [0.5, 0.6) is 5.75 Å². The Hall–Kier alpha value is -2.58. The van der Waals surface area contributed by atoms with E-state index in [0.29, 0.717) is 36.9 Å². The van der Waals surface area contributed by atoms with Gasteiger partial charge in [0.2, 0.25) is 5.91 Å². The molecule has 2 saturated heterocycles. The van der Waals surface area contributed by atoms with Crippen LogP contribution in [0.3, 0.4) is 0 Å². The molecule has 8 nitrogen and oxygen atoms in total. The van der Waals surface area contributed by atoms with Gasteiger partial charge in [0, 0.05) is 46.0 Å². The smallest absolute Gasteiger partial charge is 0.292 e. The van der Waals surface area contributed by atoms with Crippen molar-refractivity contribution in [2.75, 3.05) is 38.2 Å². The molecule has 9 heteroatoms. The third-order valence-corrected chi connectivity index (χ3v) is 6.39. The third-order valence-electron chi connectivity index (χ3n) is 6.03. The Bertz CT molecular complexity index is 980. The van der Waals surface area contributed by atoms with Crippen LogP contribution in [0.1, 0.15) is 32.6 Å². The number of hydrogen-bond donors (Lipinski definition) is 1. The fourth-order valence-electron chi connectivity index (χ4n) is 4.11. The topological polar surface area (TPSA) is 85.7 Å². The molecule has 32 heavy (non-hydrogen) atoms. The Morgan fingerprint density at radius 3 is 2.66 bits per heavy atom. The molecule has 0 spiro atoms. The van der Waals surface area contributed by atoms with E-state index in [1.54, 1.807) is 25.3 Å². The van der Waals surface area contributed by atoms with Crippen LogP contribution in [0.25, 0.3) is 5.69 Å². The molecule has 4 rings (SSSR count). The number of rotatable bonds is 6. The van der Waals surface area contributed by atoms with Crippen LogP contribution >= 0.6 is 11.6 Å². The standard InChI is InChI=1S/C23H29ClN4O4/c1-16(29)27-10-8-20(9-11-27)32-19-6-4-18(5-7-19)28-23(30)22(24)21(14-26-28)25-13-17-3-2-12-31-15-17/h4-7,14,17,20,25H,2-3,8-13,15H2,1H3/t17-/m0/s1. The van der Waals surface area contributed by atoms with Gasteiger partial charge in [-0.05, 0) is 43.0 Å². The monoisotopic (exact) mass is 460 g/mol. The fraction of sp³-hybridized carbons (Fsp3) is 0.522. The van der Waals surface area contributed by atoms with Crippen molar-refractivity contribution in [1.82, 2.24) is 14.7 Å². The summed E-state index contributed by atoms with van der Waals surface area (Å²) in [5.41, 5.74) is 0.778. The number of benzene rings is 1. The second-order valence-electron chi connectivity index (χ2n) is 8.37. The average molecular weight is 461 g/mol. The summed E-state index contributed by atoms with van der Waals surface area (Å²) in [4.78, 5) is 26.1. The van der Waals surface area contributed by atoms with Crippen molar-refractivity contribution in [1.29, 1.82) is 0 Å². The number of likely N-dealkylation sites (tertiary alicyclic amines) is 1. The molecule has 172 valence electrons. The molecule has 0 radical (unpaired) electrons. The van der Waals surface area contributed by atoms with Crippen LogP contribution in [0.4, 0.5) is 5.69 Å². The average Bonchev–Trinajstić information content (AvgIpc) is 2.82. The molecule has 0 saturated carbocycles. The first-order valence-electron chi connectivity index (χ1n) is 11.1. The van der Waals surface area contributed by atoms with E-state index in [1.807, 2.05) is 17.0 Å². The SMILES string of the molecule is CC(=O)N1CCC(Oc2ccc(-n3ncc(NC[C@@H]4CCCOC4)c(Cl)c3=O)cc2)CC1. The molecule has 1 aromatic heterocycles. The minimum absolute atomic E-state index is 0.0756. The molecule has 2 aliphatic rings. The third kappa shape index (κ3) is 5.42. The van der Waals surface area contributed by atoms with E-state index in [0.717, 1.165) is 44.6 Å². The number of piperidine rings is 1. The molecule has 2 fully saturated rings. The Kier molecular flexibility index (Phi) is 7.32. The zero-order valence-electron chi connectivity index (χ0n) is 18.3. The van der Waals surface area contributed by atoms with Crippen LogP contribution in [0, 0.1) is 5.92 Å². The van der Waals surface area contributed by atoms with Gasteiger partial charge in [0.15, 0.2) is 0 Å². The largest absolute Gasteiger partial charge is 0.490 e. The number of aromatic nitrogens is 2. The van der Waals surface area contributed by atoms with Gasteiger partial charge in [0.05, 0.1) is 24.2 Å². The number of ether oxygens (including phenoxy) is 2. The first kappa shape index (κ1) is 22.6. The number of nitrogens with zero attached hydrogens (tertiary/aromatic N) is 3. The predicted molar refractivity (Wildman–Crippen MR) is 123 cm³/mol. The fourth-order valence-corrected chi connectivity index (χ4v) is 4.31. The molecule has 2 aromatic rings. The summed E-state index contributed by atoms with van der Waals surface area (Å²) in [5.74, 6) is 1.24. The van der Waals surface area contributed by atoms with Crippen LogP contribution in [-0.2, 0) is 9.53 Å². The van der Waals surface area contributed by atoms with Crippen molar-refractivity contribution >= 4 is 23.2 Å². The molecular weight excluding hydrogens is 432 g/mol. The quantitative estimate of drug-likeness (QED) is 0.712. The van der Waals surface area contributed by atoms with Gasteiger partial charge in [-0.3, -0.25) is 9.59 Å². The highest BCUT2D eigenvalue weighted by Gasteiger charge is 2.22. The van der Waals surface area contributed by atoms with E-state index < -0.39 is 0 Å². The summed E-state index contributed by atoms with van der Waals surface area (Å²) >= 11 is 6.34. The summed E-state index contributed by atoms with van der Waals surface area (Å²) in [7, 11) is 0. The number of hydrogen-bond acceptors (Lipinski definition) is 6. The van der Waals surface area contributed by atoms with E-state index in [-0.39, 0.29) is 22.6 Å². The van der Waals surface area contributed by atoms with E-state index in [1.165, 1.54) is 4.68 Å². The van der Waals surface area contributed by atoms with E-state index in [2.05, 4.69) is 10.4 Å². The molecular formula is C23H29ClN4O4. The Labute approximate surface area is 192 Å². The lowest BCUT2D eigenvalue weighted by molar-refractivity contribution is -0.130. The van der Waals surface area contributed by atoms with Crippen LogP contribution in [0.2, 0.25) is 5.02 Å². The predicted octanol–water partition coefficient (Wildman–Crippen LogP) is 3.11. The van der Waals surface area contributed by atoms with Crippen LogP contribution < -0.4 is 15.6 Å². The molecule has 3 heterocycles. The summed E-state index contributed by atoms with van der Waals surface area (Å²) in [6, 6.07) is 7.22. The molecule has 1 aromatic carbocycles. The molecule has 0 bridgehead atoms. The first-order chi connectivity index (χ1) is 15.5. The lowest BCUT2D eigenvalue weighted by atomic mass is 10.0. The molecule has 2 aliphatic heterocycles. The Balaban J connectivity index is 1.37. The van der Waals surface area contributed by atoms with Gasteiger partial charge in [0.25, 0.3) is 5.56 Å².